The first kappa shape index (κ1) is 22.7. The van der Waals surface area contributed by atoms with E-state index >= 15 is 0 Å². The Hall–Kier alpha value is -3.00. The van der Waals surface area contributed by atoms with Crippen molar-refractivity contribution in [1.29, 1.82) is 0 Å². The molecule has 0 saturated carbocycles. The molecular formula is C23H27N3O4S. The number of anilines is 1. The van der Waals surface area contributed by atoms with Gasteiger partial charge in [-0.25, -0.2) is 9.78 Å². The molecule has 164 valence electrons. The Balaban J connectivity index is 1.89. The van der Waals surface area contributed by atoms with Crippen molar-refractivity contribution in [2.24, 2.45) is 5.92 Å². The predicted octanol–water partition coefficient (Wildman–Crippen LogP) is 4.48. The Bertz CT molecular complexity index is 1180. The summed E-state index contributed by atoms with van der Waals surface area (Å²) in [5.41, 5.74) is 1.85. The Morgan fingerprint density at radius 2 is 1.94 bits per heavy atom. The molecule has 3 rings (SSSR count). The number of rotatable bonds is 7. The molecule has 1 amide bonds. The van der Waals surface area contributed by atoms with Gasteiger partial charge in [-0.3, -0.25) is 14.2 Å². The molecule has 0 fully saturated rings. The van der Waals surface area contributed by atoms with Crippen LogP contribution >= 0.6 is 11.3 Å². The number of aromatic nitrogens is 2. The van der Waals surface area contributed by atoms with Crippen molar-refractivity contribution in [2.45, 2.75) is 47.1 Å². The molecule has 2 heterocycles. The van der Waals surface area contributed by atoms with Crippen LogP contribution in [0.1, 0.15) is 54.2 Å². The monoisotopic (exact) mass is 441 g/mol. The molecule has 1 aromatic carbocycles. The number of ether oxygens (including phenoxy) is 1. The van der Waals surface area contributed by atoms with Gasteiger partial charge in [-0.1, -0.05) is 50.3 Å². The highest BCUT2D eigenvalue weighted by Gasteiger charge is 2.24. The van der Waals surface area contributed by atoms with Crippen LogP contribution in [0.15, 0.2) is 35.1 Å². The summed E-state index contributed by atoms with van der Waals surface area (Å²) in [6.07, 6.45) is 0.423. The summed E-state index contributed by atoms with van der Waals surface area (Å²) in [6, 6.07) is 8.37. The third-order valence-corrected chi connectivity index (χ3v) is 5.98. The number of aryl methyl sites for hydroxylation is 2. The largest absolute Gasteiger partial charge is 0.461 e. The topological polar surface area (TPSA) is 90.3 Å². The number of fused-ring (bicyclic) bond motifs is 1. The second-order valence-corrected chi connectivity index (χ2v) is 8.89. The molecule has 0 spiro atoms. The molecule has 2 aromatic heterocycles. The van der Waals surface area contributed by atoms with Crippen molar-refractivity contribution in [2.75, 3.05) is 11.9 Å². The van der Waals surface area contributed by atoms with Gasteiger partial charge in [-0.2, -0.15) is 0 Å². The zero-order valence-electron chi connectivity index (χ0n) is 18.4. The second-order valence-electron chi connectivity index (χ2n) is 7.89. The molecule has 0 radical (unpaired) electrons. The molecule has 3 aromatic rings. The molecule has 31 heavy (non-hydrogen) atoms. The number of nitrogens with one attached hydrogen (secondary N) is 1. The first-order chi connectivity index (χ1) is 14.7. The van der Waals surface area contributed by atoms with Gasteiger partial charge in [-0.05, 0) is 37.8 Å². The van der Waals surface area contributed by atoms with E-state index in [0.29, 0.717) is 34.2 Å². The average Bonchev–Trinajstić information content (AvgIpc) is 3.09. The van der Waals surface area contributed by atoms with Crippen LogP contribution in [0.4, 0.5) is 5.13 Å². The van der Waals surface area contributed by atoms with Crippen LogP contribution in [0.2, 0.25) is 0 Å². The SMILES string of the molecule is CCC(C(=O)Nc1nc(C)c(C(=O)OCC(C)C)s1)n1c(=O)cc(C)c2ccccc21. The minimum absolute atomic E-state index is 0.226. The first-order valence-electron chi connectivity index (χ1n) is 10.3. The zero-order chi connectivity index (χ0) is 22.7. The maximum absolute atomic E-state index is 13.1. The molecular weight excluding hydrogens is 414 g/mol. The van der Waals surface area contributed by atoms with E-state index in [2.05, 4.69) is 10.3 Å². The number of amides is 1. The fourth-order valence-corrected chi connectivity index (χ4v) is 4.27. The lowest BCUT2D eigenvalue weighted by Crippen LogP contribution is -2.33. The highest BCUT2D eigenvalue weighted by Crippen LogP contribution is 2.26. The Morgan fingerprint density at radius 1 is 1.23 bits per heavy atom. The number of nitrogens with zero attached hydrogens (tertiary/aromatic N) is 2. The van der Waals surface area contributed by atoms with E-state index in [4.69, 9.17) is 4.74 Å². The predicted molar refractivity (Wildman–Crippen MR) is 123 cm³/mol. The van der Waals surface area contributed by atoms with E-state index in [0.717, 1.165) is 22.3 Å². The van der Waals surface area contributed by atoms with Gasteiger partial charge < -0.3 is 10.1 Å². The Morgan fingerprint density at radius 3 is 2.61 bits per heavy atom. The van der Waals surface area contributed by atoms with Crippen LogP contribution in [0.3, 0.4) is 0 Å². The van der Waals surface area contributed by atoms with Crippen molar-refractivity contribution < 1.29 is 14.3 Å². The molecule has 0 aliphatic rings. The fourth-order valence-electron chi connectivity index (χ4n) is 3.41. The summed E-state index contributed by atoms with van der Waals surface area (Å²) in [6.45, 7) is 9.67. The maximum atomic E-state index is 13.1. The average molecular weight is 442 g/mol. The zero-order valence-corrected chi connectivity index (χ0v) is 19.2. The highest BCUT2D eigenvalue weighted by molar-refractivity contribution is 7.17. The summed E-state index contributed by atoms with van der Waals surface area (Å²) >= 11 is 1.08. The molecule has 8 heteroatoms. The summed E-state index contributed by atoms with van der Waals surface area (Å²) in [5.74, 6) is -0.573. The number of para-hydroxylation sites is 1. The van der Waals surface area contributed by atoms with Gasteiger partial charge >= 0.3 is 5.97 Å². The number of carbonyl (C=O) groups is 2. The van der Waals surface area contributed by atoms with Gasteiger partial charge in [-0.15, -0.1) is 0 Å². The summed E-state index contributed by atoms with van der Waals surface area (Å²) in [7, 11) is 0. The molecule has 0 saturated heterocycles. The number of carbonyl (C=O) groups excluding carboxylic acids is 2. The van der Waals surface area contributed by atoms with Crippen molar-refractivity contribution >= 4 is 39.2 Å². The number of hydrogen-bond donors (Lipinski definition) is 1. The van der Waals surface area contributed by atoms with Crippen LogP contribution < -0.4 is 10.9 Å². The molecule has 1 atom stereocenters. The lowest BCUT2D eigenvalue weighted by Gasteiger charge is -2.20. The van der Waals surface area contributed by atoms with E-state index in [1.165, 1.54) is 4.57 Å². The standard InChI is InChI=1S/C23H27N3O4S/c1-6-17(26-18-10-8-7-9-16(18)14(4)11-19(26)27)21(28)25-23-24-15(5)20(31-23)22(29)30-12-13(2)3/h7-11,13,17H,6,12H2,1-5H3,(H,24,25,28). The van der Waals surface area contributed by atoms with Gasteiger partial charge in [0.25, 0.3) is 5.56 Å². The minimum atomic E-state index is -0.710. The molecule has 0 aliphatic carbocycles. The highest BCUT2D eigenvalue weighted by atomic mass is 32.1. The third kappa shape index (κ3) is 4.85. The summed E-state index contributed by atoms with van der Waals surface area (Å²) < 4.78 is 6.80. The first-order valence-corrected chi connectivity index (χ1v) is 11.1. The minimum Gasteiger partial charge on any atom is -0.461 e. The van der Waals surface area contributed by atoms with E-state index in [9.17, 15) is 14.4 Å². The number of esters is 1. The Kier molecular flexibility index (Phi) is 6.90. The van der Waals surface area contributed by atoms with Crippen molar-refractivity contribution in [3.63, 3.8) is 0 Å². The molecule has 7 nitrogen and oxygen atoms in total. The quantitative estimate of drug-likeness (QED) is 0.546. The smallest absolute Gasteiger partial charge is 0.350 e. The van der Waals surface area contributed by atoms with E-state index < -0.39 is 12.0 Å². The molecule has 1 unspecified atom stereocenters. The fraction of sp³-hybridized carbons (Fsp3) is 0.391. The number of hydrogen-bond acceptors (Lipinski definition) is 6. The number of thiazole rings is 1. The number of pyridine rings is 1. The van der Waals surface area contributed by atoms with Crippen molar-refractivity contribution in [3.05, 3.63) is 56.8 Å². The van der Waals surface area contributed by atoms with E-state index in [1.54, 1.807) is 13.0 Å². The van der Waals surface area contributed by atoms with Crippen LogP contribution in [0, 0.1) is 19.8 Å². The van der Waals surface area contributed by atoms with E-state index in [-0.39, 0.29) is 17.4 Å². The van der Waals surface area contributed by atoms with Gasteiger partial charge in [0.15, 0.2) is 5.13 Å². The van der Waals surface area contributed by atoms with Crippen LogP contribution in [-0.2, 0) is 9.53 Å². The van der Waals surface area contributed by atoms with Gasteiger partial charge in [0, 0.05) is 11.5 Å². The third-order valence-electron chi connectivity index (χ3n) is 4.93. The van der Waals surface area contributed by atoms with Crippen LogP contribution in [0.25, 0.3) is 10.9 Å². The van der Waals surface area contributed by atoms with E-state index in [1.807, 2.05) is 52.0 Å². The van der Waals surface area contributed by atoms with Crippen LogP contribution in [-0.4, -0.2) is 28.0 Å². The molecule has 1 N–H and O–H groups in total. The summed E-state index contributed by atoms with van der Waals surface area (Å²) in [4.78, 5) is 42.9. The molecule has 0 bridgehead atoms. The van der Waals surface area contributed by atoms with Crippen molar-refractivity contribution in [1.82, 2.24) is 9.55 Å². The summed E-state index contributed by atoms with van der Waals surface area (Å²) in [5, 5.41) is 4.01. The number of benzene rings is 1. The van der Waals surface area contributed by atoms with Crippen LogP contribution in [0.5, 0.6) is 0 Å². The normalized spacial score (nSPS) is 12.2. The van der Waals surface area contributed by atoms with Gasteiger partial charge in [0.1, 0.15) is 10.9 Å². The van der Waals surface area contributed by atoms with Gasteiger partial charge in [0.2, 0.25) is 5.91 Å². The van der Waals surface area contributed by atoms with Crippen molar-refractivity contribution in [3.8, 4) is 0 Å². The Labute approximate surface area is 185 Å². The van der Waals surface area contributed by atoms with Gasteiger partial charge in [0.05, 0.1) is 17.8 Å². The second kappa shape index (κ2) is 9.43. The molecule has 0 aliphatic heterocycles. The lowest BCUT2D eigenvalue weighted by atomic mass is 10.1. The maximum Gasteiger partial charge on any atom is 0.350 e. The lowest BCUT2D eigenvalue weighted by molar-refractivity contribution is -0.119.